The Kier molecular flexibility index (Phi) is 7.01. The predicted molar refractivity (Wildman–Crippen MR) is 92.9 cm³/mol. The molecule has 0 aliphatic rings. The van der Waals surface area contributed by atoms with Gasteiger partial charge in [-0.2, -0.15) is 0 Å². The second-order valence-corrected chi connectivity index (χ2v) is 7.46. The lowest BCUT2D eigenvalue weighted by Crippen LogP contribution is -2.46. The van der Waals surface area contributed by atoms with Crippen LogP contribution in [-0.4, -0.2) is 37.6 Å². The summed E-state index contributed by atoms with van der Waals surface area (Å²) in [7, 11) is 4.02. The molecule has 4 nitrogen and oxygen atoms in total. The van der Waals surface area contributed by atoms with Gasteiger partial charge < -0.3 is 15.5 Å². The van der Waals surface area contributed by atoms with Crippen LogP contribution < -0.4 is 10.6 Å². The quantitative estimate of drug-likeness (QED) is 0.841. The Morgan fingerprint density at radius 2 is 1.74 bits per heavy atom. The lowest BCUT2D eigenvalue weighted by Gasteiger charge is -2.32. The van der Waals surface area contributed by atoms with Gasteiger partial charge in [-0.1, -0.05) is 32.9 Å². The summed E-state index contributed by atoms with van der Waals surface area (Å²) in [6.07, 6.45) is 0.886. The van der Waals surface area contributed by atoms with Crippen molar-refractivity contribution < 1.29 is 9.18 Å². The summed E-state index contributed by atoms with van der Waals surface area (Å²) >= 11 is 0. The van der Waals surface area contributed by atoms with E-state index in [1.165, 1.54) is 12.1 Å². The van der Waals surface area contributed by atoms with Gasteiger partial charge in [-0.05, 0) is 57.1 Å². The third-order valence-corrected chi connectivity index (χ3v) is 3.73. The van der Waals surface area contributed by atoms with Crippen LogP contribution in [-0.2, 0) is 0 Å². The molecule has 1 rings (SSSR count). The summed E-state index contributed by atoms with van der Waals surface area (Å²) in [6, 6.07) is 6.00. The van der Waals surface area contributed by atoms with E-state index >= 15 is 0 Å². The molecule has 0 spiro atoms. The minimum atomic E-state index is -0.275. The summed E-state index contributed by atoms with van der Waals surface area (Å²) in [6.45, 7) is 9.07. The van der Waals surface area contributed by atoms with Crippen LogP contribution >= 0.6 is 0 Å². The van der Waals surface area contributed by atoms with E-state index in [0.717, 1.165) is 18.5 Å². The number of urea groups is 1. The molecule has 2 atom stereocenters. The lowest BCUT2D eigenvalue weighted by atomic mass is 9.82. The fourth-order valence-electron chi connectivity index (χ4n) is 2.38. The van der Waals surface area contributed by atoms with Crippen LogP contribution in [0.5, 0.6) is 0 Å². The maximum absolute atomic E-state index is 13.1. The van der Waals surface area contributed by atoms with Gasteiger partial charge >= 0.3 is 6.03 Å². The Labute approximate surface area is 139 Å². The molecule has 0 fully saturated rings. The third-order valence-electron chi connectivity index (χ3n) is 3.73. The zero-order valence-corrected chi connectivity index (χ0v) is 15.1. The topological polar surface area (TPSA) is 44.4 Å². The molecule has 2 amide bonds. The fourth-order valence-corrected chi connectivity index (χ4v) is 2.38. The number of hydrogen-bond acceptors (Lipinski definition) is 2. The van der Waals surface area contributed by atoms with E-state index in [-0.39, 0.29) is 29.3 Å². The van der Waals surface area contributed by atoms with Crippen molar-refractivity contribution in [1.29, 1.82) is 0 Å². The van der Waals surface area contributed by atoms with Gasteiger partial charge in [-0.25, -0.2) is 9.18 Å². The monoisotopic (exact) mass is 323 g/mol. The van der Waals surface area contributed by atoms with Crippen LogP contribution in [0, 0.1) is 11.2 Å². The molecule has 0 heterocycles. The molecule has 2 unspecified atom stereocenters. The molecule has 23 heavy (non-hydrogen) atoms. The first kappa shape index (κ1) is 19.4. The van der Waals surface area contributed by atoms with Crippen LogP contribution in [0.3, 0.4) is 0 Å². The fraction of sp³-hybridized carbons (Fsp3) is 0.611. The van der Waals surface area contributed by atoms with Gasteiger partial charge in [0.25, 0.3) is 0 Å². The van der Waals surface area contributed by atoms with Crippen molar-refractivity contribution in [3.8, 4) is 0 Å². The Balaban J connectivity index is 2.71. The summed E-state index contributed by atoms with van der Waals surface area (Å²) in [4.78, 5) is 14.4. The molecule has 0 aromatic heterocycles. The highest BCUT2D eigenvalue weighted by Crippen LogP contribution is 2.32. The zero-order chi connectivity index (χ0) is 17.6. The highest BCUT2D eigenvalue weighted by atomic mass is 19.1. The van der Waals surface area contributed by atoms with Gasteiger partial charge in [0.1, 0.15) is 5.82 Å². The standard InChI is InChI=1S/C18H30FN3O/c1-13(11-12-22(5)6)20-17(23)21-16(18(2,3)4)14-7-9-15(19)10-8-14/h7-10,13,16H,11-12H2,1-6H3,(H2,20,21,23). The average Bonchev–Trinajstić information content (AvgIpc) is 2.42. The van der Waals surface area contributed by atoms with Crippen LogP contribution in [0.15, 0.2) is 24.3 Å². The number of rotatable bonds is 6. The smallest absolute Gasteiger partial charge is 0.315 e. The number of halogens is 1. The lowest BCUT2D eigenvalue weighted by molar-refractivity contribution is 0.214. The molecular weight excluding hydrogens is 293 g/mol. The van der Waals surface area contributed by atoms with E-state index in [1.54, 1.807) is 12.1 Å². The van der Waals surface area contributed by atoms with Gasteiger partial charge in [0.05, 0.1) is 6.04 Å². The molecule has 2 N–H and O–H groups in total. The molecule has 130 valence electrons. The van der Waals surface area contributed by atoms with Crippen molar-refractivity contribution in [1.82, 2.24) is 15.5 Å². The second-order valence-electron chi connectivity index (χ2n) is 7.46. The molecule has 0 saturated carbocycles. The van der Waals surface area contributed by atoms with E-state index in [4.69, 9.17) is 0 Å². The van der Waals surface area contributed by atoms with Crippen molar-refractivity contribution in [2.24, 2.45) is 5.41 Å². The minimum Gasteiger partial charge on any atom is -0.336 e. The van der Waals surface area contributed by atoms with Gasteiger partial charge in [-0.15, -0.1) is 0 Å². The summed E-state index contributed by atoms with van der Waals surface area (Å²) in [5.41, 5.74) is 0.720. The van der Waals surface area contributed by atoms with Crippen LogP contribution in [0.2, 0.25) is 0 Å². The van der Waals surface area contributed by atoms with Gasteiger partial charge in [0.2, 0.25) is 0 Å². The maximum atomic E-state index is 13.1. The van der Waals surface area contributed by atoms with Crippen molar-refractivity contribution in [2.45, 2.75) is 46.2 Å². The van der Waals surface area contributed by atoms with Crippen LogP contribution in [0.4, 0.5) is 9.18 Å². The highest BCUT2D eigenvalue weighted by molar-refractivity contribution is 5.74. The average molecular weight is 323 g/mol. The number of amides is 2. The van der Waals surface area contributed by atoms with Gasteiger partial charge in [0, 0.05) is 6.04 Å². The second kappa shape index (κ2) is 8.29. The number of benzene rings is 1. The number of nitrogens with one attached hydrogen (secondary N) is 2. The first-order chi connectivity index (χ1) is 10.6. The molecule has 5 heteroatoms. The van der Waals surface area contributed by atoms with E-state index < -0.39 is 0 Å². The molecular formula is C18H30FN3O. The van der Waals surface area contributed by atoms with Crippen molar-refractivity contribution in [2.75, 3.05) is 20.6 Å². The van der Waals surface area contributed by atoms with Crippen molar-refractivity contribution in [3.63, 3.8) is 0 Å². The highest BCUT2D eigenvalue weighted by Gasteiger charge is 2.28. The molecule has 1 aromatic rings. The molecule has 0 aliphatic carbocycles. The van der Waals surface area contributed by atoms with Crippen molar-refractivity contribution in [3.05, 3.63) is 35.6 Å². The van der Waals surface area contributed by atoms with E-state index in [1.807, 2.05) is 21.0 Å². The first-order valence-corrected chi connectivity index (χ1v) is 8.07. The summed E-state index contributed by atoms with van der Waals surface area (Å²) in [5, 5.41) is 5.99. The zero-order valence-electron chi connectivity index (χ0n) is 15.1. The Morgan fingerprint density at radius 1 is 1.17 bits per heavy atom. The Hall–Kier alpha value is -1.62. The number of hydrogen-bond donors (Lipinski definition) is 2. The third kappa shape index (κ3) is 6.99. The summed E-state index contributed by atoms with van der Waals surface area (Å²) in [5.74, 6) is -0.275. The molecule has 0 saturated heterocycles. The predicted octanol–water partition coefficient (Wildman–Crippen LogP) is 3.55. The summed E-state index contributed by atoms with van der Waals surface area (Å²) < 4.78 is 13.1. The number of carbonyl (C=O) groups is 1. The van der Waals surface area contributed by atoms with Gasteiger partial charge in [-0.3, -0.25) is 0 Å². The number of carbonyl (C=O) groups excluding carboxylic acids is 1. The SMILES string of the molecule is CC(CCN(C)C)NC(=O)NC(c1ccc(F)cc1)C(C)(C)C. The molecule has 0 bridgehead atoms. The Bertz CT molecular complexity index is 494. The normalized spacial score (nSPS) is 14.4. The maximum Gasteiger partial charge on any atom is 0.315 e. The van der Waals surface area contributed by atoms with Crippen LogP contribution in [0.25, 0.3) is 0 Å². The first-order valence-electron chi connectivity index (χ1n) is 8.07. The van der Waals surface area contributed by atoms with Crippen molar-refractivity contribution >= 4 is 6.03 Å². The van der Waals surface area contributed by atoms with Gasteiger partial charge in [0.15, 0.2) is 0 Å². The molecule has 0 aliphatic heterocycles. The van der Waals surface area contributed by atoms with Crippen LogP contribution in [0.1, 0.15) is 45.7 Å². The van der Waals surface area contributed by atoms with E-state index in [9.17, 15) is 9.18 Å². The minimum absolute atomic E-state index is 0.0891. The molecule has 1 aromatic carbocycles. The van der Waals surface area contributed by atoms with E-state index in [2.05, 4.69) is 36.3 Å². The largest absolute Gasteiger partial charge is 0.336 e. The molecule has 0 radical (unpaired) electrons. The van der Waals surface area contributed by atoms with E-state index in [0.29, 0.717) is 0 Å². The Morgan fingerprint density at radius 3 is 2.22 bits per heavy atom. The number of nitrogens with zero attached hydrogens (tertiary/aromatic N) is 1.